The Balaban J connectivity index is 0.000000181. The molecular formula is C70H110BIN10O12S2Si2. The third-order valence-electron chi connectivity index (χ3n) is 21.1. The molecule has 5 fully saturated rings. The number of alkyl carbamates (subject to hydrolysis) is 2. The van der Waals surface area contributed by atoms with Crippen molar-refractivity contribution >= 4 is 107 Å². The number of carbonyl (C=O) groups is 2. The largest absolute Gasteiger partial charge is 0.498 e. The van der Waals surface area contributed by atoms with Gasteiger partial charge in [0.15, 0.2) is 16.6 Å². The van der Waals surface area contributed by atoms with E-state index in [1.54, 1.807) is 20.4 Å². The molecule has 98 heavy (non-hydrogen) atoms. The van der Waals surface area contributed by atoms with Crippen LogP contribution in [0.4, 0.5) is 19.9 Å². The first-order chi connectivity index (χ1) is 45.2. The van der Waals surface area contributed by atoms with Gasteiger partial charge >= 0.3 is 19.3 Å². The van der Waals surface area contributed by atoms with Crippen LogP contribution in [0.3, 0.4) is 0 Å². The van der Waals surface area contributed by atoms with E-state index in [0.29, 0.717) is 51.9 Å². The summed E-state index contributed by atoms with van der Waals surface area (Å²) in [7, 11) is -0.861. The molecule has 0 unspecified atom stereocenters. The molecule has 4 N–H and O–H groups in total. The van der Waals surface area contributed by atoms with Gasteiger partial charge in [-0.3, -0.25) is 0 Å². The number of methoxy groups -OCH3 is 2. The normalized spacial score (nSPS) is 19.7. The highest BCUT2D eigenvalue weighted by molar-refractivity contribution is 14.1. The van der Waals surface area contributed by atoms with Crippen LogP contribution in [0.5, 0.6) is 11.5 Å². The lowest BCUT2D eigenvalue weighted by molar-refractivity contribution is -0.0256. The zero-order chi connectivity index (χ0) is 72.3. The summed E-state index contributed by atoms with van der Waals surface area (Å²) in [4.78, 5) is 38.8. The molecule has 2 aliphatic carbocycles. The highest BCUT2D eigenvalue weighted by atomic mass is 127. The number of piperidine rings is 2. The minimum absolute atomic E-state index is 0.134. The Kier molecular flexibility index (Phi) is 22.6. The van der Waals surface area contributed by atoms with Crippen molar-refractivity contribution in [1.29, 1.82) is 0 Å². The van der Waals surface area contributed by atoms with Crippen LogP contribution < -0.4 is 35.4 Å². The highest BCUT2D eigenvalue weighted by Crippen LogP contribution is 2.54. The summed E-state index contributed by atoms with van der Waals surface area (Å²) in [5.74, 6) is 1.59. The van der Waals surface area contributed by atoms with E-state index in [2.05, 4.69) is 190 Å². The van der Waals surface area contributed by atoms with E-state index < -0.39 is 58.3 Å². The number of imidazole rings is 2. The Morgan fingerprint density at radius 3 is 1.39 bits per heavy atom. The number of rotatable bonds is 16. The molecule has 0 radical (unpaired) electrons. The van der Waals surface area contributed by atoms with Gasteiger partial charge in [0.25, 0.3) is 0 Å². The van der Waals surface area contributed by atoms with E-state index in [4.69, 9.17) is 42.2 Å². The van der Waals surface area contributed by atoms with Crippen LogP contribution in [0.25, 0.3) is 21.2 Å². The van der Waals surface area contributed by atoms with Gasteiger partial charge in [-0.2, -0.15) is 4.52 Å². The second-order valence-corrected chi connectivity index (χ2v) is 45.8. The van der Waals surface area contributed by atoms with Crippen LogP contribution in [-0.4, -0.2) is 162 Å². The maximum absolute atomic E-state index is 12.1. The number of carbonyl (C=O) groups excluding carboxylic acids is 2. The molecule has 2 saturated carbocycles. The fourth-order valence-electron chi connectivity index (χ4n) is 12.0. The third kappa shape index (κ3) is 17.5. The van der Waals surface area contributed by atoms with Crippen molar-refractivity contribution in [1.82, 2.24) is 39.8 Å². The lowest BCUT2D eigenvalue weighted by atomic mass is 9.72. The van der Waals surface area contributed by atoms with Crippen LogP contribution in [0, 0.1) is 3.70 Å². The molecule has 0 atom stereocenters. The van der Waals surface area contributed by atoms with Gasteiger partial charge in [0.1, 0.15) is 26.4 Å². The molecule has 3 aliphatic heterocycles. The fraction of sp³-hybridized carbons (Fsp3) is 0.686. The van der Waals surface area contributed by atoms with Crippen molar-refractivity contribution in [3.63, 3.8) is 0 Å². The van der Waals surface area contributed by atoms with Gasteiger partial charge in [-0.15, -0.1) is 10.2 Å². The quantitative estimate of drug-likeness (QED) is 0.0520. The molecule has 7 heterocycles. The number of benzene rings is 2. The van der Waals surface area contributed by atoms with E-state index in [1.807, 2.05) is 56.8 Å². The van der Waals surface area contributed by atoms with Crippen LogP contribution >= 0.6 is 45.3 Å². The van der Waals surface area contributed by atoms with Gasteiger partial charge in [0.05, 0.1) is 65.9 Å². The van der Waals surface area contributed by atoms with Gasteiger partial charge in [0, 0.05) is 50.3 Å². The smallest absolute Gasteiger partial charge is 0.497 e. The molecule has 0 bridgehead atoms. The zero-order valence-corrected chi connectivity index (χ0v) is 68.0. The number of nitrogens with zero attached hydrogens (tertiary/aromatic N) is 8. The highest BCUT2D eigenvalue weighted by Gasteiger charge is 2.54. The maximum atomic E-state index is 12.1. The van der Waals surface area contributed by atoms with Gasteiger partial charge in [-0.25, -0.2) is 24.1 Å². The van der Waals surface area contributed by atoms with E-state index in [0.717, 1.165) is 84.2 Å². The van der Waals surface area contributed by atoms with Crippen molar-refractivity contribution in [2.45, 2.75) is 256 Å². The lowest BCUT2D eigenvalue weighted by Gasteiger charge is -2.50. The first-order valence-corrected chi connectivity index (χ1v) is 43.1. The maximum Gasteiger partial charge on any atom is 0.498 e. The van der Waals surface area contributed by atoms with Crippen molar-refractivity contribution in [2.75, 3.05) is 63.3 Å². The van der Waals surface area contributed by atoms with E-state index in [1.165, 1.54) is 40.2 Å². The molecule has 11 rings (SSSR count). The average Bonchev–Trinajstić information content (AvgIpc) is 1.13. The molecule has 2 aromatic carbocycles. The molecule has 2 amide bonds. The molecule has 5 aliphatic rings. The second kappa shape index (κ2) is 28.5. The minimum atomic E-state index is -1.97. The zero-order valence-electron chi connectivity index (χ0n) is 62.3. The van der Waals surface area contributed by atoms with Crippen molar-refractivity contribution in [3.05, 3.63) is 63.6 Å². The Labute approximate surface area is 605 Å². The predicted octanol–water partition coefficient (Wildman–Crippen LogP) is 14.4. The summed E-state index contributed by atoms with van der Waals surface area (Å²) in [6.07, 6.45) is 11.3. The number of fused-ring (bicyclic) bond motifs is 2. The SMILES string of the molecule is CC(C)(C)OC(=O)NCC1(O)CCN(c2nn3c(I)cnc3s2)CC1.COc1cc(C2(O[Si](C)(C)C(C)(C)C)CCC2)ccc1-c1cnc2sc(N3CCC(O)(CNC(=O)OC(C)(C)C)CC3)nn12.COc1cc(C2(O[Si](C)(C)C(C)(C)C)CCC2)ccc1B1OC(C)(C)C(C)(C)O1. The minimum Gasteiger partial charge on any atom is -0.497 e. The number of anilines is 2. The summed E-state index contributed by atoms with van der Waals surface area (Å²) in [6, 6.07) is 12.9. The standard InChI is InChI=1S/C32H49N5O5SSi.C23H39BO4Si.C15H22IN5O3S/c1-29(2,3)41-28(38)34-21-31(39)15-17-36(18-16-31)27-35-37-24(20-33-26(37)43-27)23-12-11-22(19-25(23)40-7)32(13-10-14-32)42-44(8,9)30(4,5)6;1-20(2,3)29(9,10)28-23(14-11-15-23)17-12-13-18(19(16-17)25-8)24-26-21(4,5)22(6,7)27-24;1-14(2,3)24-13(22)18-9-15(23)4-6-20(7-5-15)12-19-21-10(16)8-17-11(21)25-12/h11-12,19-20,39H,10,13-18,21H2,1-9H3,(H,34,38);12-13,16H,11,14-15H2,1-10H3;8,23H,4-7,9H2,1-3H3,(H,18,22). The van der Waals surface area contributed by atoms with Gasteiger partial charge in [-0.1, -0.05) is 82.4 Å². The summed E-state index contributed by atoms with van der Waals surface area (Å²) in [5, 5.41) is 38.8. The molecule has 6 aromatic rings. The summed E-state index contributed by atoms with van der Waals surface area (Å²) in [6.45, 7) is 45.2. The molecule has 3 saturated heterocycles. The summed E-state index contributed by atoms with van der Waals surface area (Å²) in [5.41, 5.74) is 0.909. The summed E-state index contributed by atoms with van der Waals surface area (Å²) < 4.78 is 53.5. The first-order valence-electron chi connectivity index (χ1n) is 34.6. The van der Waals surface area contributed by atoms with Crippen LogP contribution in [0.15, 0.2) is 48.8 Å². The van der Waals surface area contributed by atoms with Crippen LogP contribution in [-0.2, 0) is 38.8 Å². The third-order valence-corrected chi connectivity index (χ3v) is 32.8. The molecule has 542 valence electrons. The predicted molar refractivity (Wildman–Crippen MR) is 404 cm³/mol. The average molecular weight is 1540 g/mol. The van der Waals surface area contributed by atoms with Gasteiger partial charge in [0.2, 0.25) is 20.2 Å². The van der Waals surface area contributed by atoms with E-state index >= 15 is 0 Å². The number of nitrogens with one attached hydrogen (secondary N) is 2. The van der Waals surface area contributed by atoms with Crippen LogP contribution in [0.1, 0.15) is 186 Å². The van der Waals surface area contributed by atoms with Gasteiger partial charge < -0.3 is 67.8 Å². The monoisotopic (exact) mass is 1540 g/mol. The Hall–Kier alpha value is -4.63. The van der Waals surface area contributed by atoms with E-state index in [9.17, 15) is 19.8 Å². The number of amides is 2. The van der Waals surface area contributed by atoms with Crippen molar-refractivity contribution < 1.29 is 56.9 Å². The van der Waals surface area contributed by atoms with Crippen molar-refractivity contribution in [3.8, 4) is 22.8 Å². The molecule has 0 spiro atoms. The van der Waals surface area contributed by atoms with Gasteiger partial charge in [-0.05, 0) is 222 Å². The van der Waals surface area contributed by atoms with Crippen LogP contribution in [0.2, 0.25) is 36.3 Å². The second-order valence-electron chi connectivity index (χ2n) is 33.4. The number of ether oxygens (including phenoxy) is 4. The first kappa shape index (κ1) is 77.5. The Morgan fingerprint density at radius 2 is 1.00 bits per heavy atom. The number of halogens is 1. The van der Waals surface area contributed by atoms with Crippen molar-refractivity contribution in [2.24, 2.45) is 0 Å². The molecular weight excluding hydrogens is 1430 g/mol. The number of aliphatic hydroxyl groups is 2. The Morgan fingerprint density at radius 1 is 0.602 bits per heavy atom. The number of hydrogen-bond donors (Lipinski definition) is 4. The topological polar surface area (TPSA) is 239 Å². The van der Waals surface area contributed by atoms with E-state index in [-0.39, 0.29) is 45.6 Å². The fourth-order valence-corrected chi connectivity index (χ4v) is 17.7. The Bertz CT molecular complexity index is 3750. The number of aromatic nitrogens is 6. The summed E-state index contributed by atoms with van der Waals surface area (Å²) >= 11 is 5.27. The molecule has 22 nitrogen and oxygen atoms in total. The number of hydrogen-bond acceptors (Lipinski definition) is 20. The molecule has 28 heteroatoms. The molecule has 4 aromatic heterocycles. The lowest BCUT2D eigenvalue weighted by Crippen LogP contribution is -2.51.